The Bertz CT molecular complexity index is 469. The van der Waals surface area contributed by atoms with E-state index in [0.717, 1.165) is 25.4 Å². The third-order valence-corrected chi connectivity index (χ3v) is 3.14. The molecule has 0 aliphatic heterocycles. The molecule has 0 radical (unpaired) electrons. The lowest BCUT2D eigenvalue weighted by molar-refractivity contribution is 0.489. The zero-order valence-electron chi connectivity index (χ0n) is 10.8. The Balaban J connectivity index is 2.19. The number of hydrogen-bond acceptors (Lipinski definition) is 2. The lowest BCUT2D eigenvalue weighted by Crippen LogP contribution is -2.12. The summed E-state index contributed by atoms with van der Waals surface area (Å²) in [5.41, 5.74) is 3.97. The van der Waals surface area contributed by atoms with Gasteiger partial charge in [0.1, 0.15) is 5.76 Å². The third kappa shape index (κ3) is 2.61. The van der Waals surface area contributed by atoms with E-state index < -0.39 is 0 Å². The van der Waals surface area contributed by atoms with Crippen molar-refractivity contribution in [2.75, 3.05) is 6.54 Å². The van der Waals surface area contributed by atoms with Crippen LogP contribution in [-0.2, 0) is 13.1 Å². The average molecular weight is 232 g/mol. The van der Waals surface area contributed by atoms with E-state index in [0.29, 0.717) is 0 Å². The van der Waals surface area contributed by atoms with E-state index in [1.165, 1.54) is 17.0 Å². The molecule has 0 aromatic carbocycles. The van der Waals surface area contributed by atoms with Gasteiger partial charge in [-0.3, -0.25) is 0 Å². The fourth-order valence-corrected chi connectivity index (χ4v) is 2.11. The van der Waals surface area contributed by atoms with Crippen molar-refractivity contribution in [3.05, 3.63) is 47.2 Å². The highest BCUT2D eigenvalue weighted by molar-refractivity contribution is 5.27. The van der Waals surface area contributed by atoms with Gasteiger partial charge in [0.05, 0.1) is 12.8 Å². The highest BCUT2D eigenvalue weighted by atomic mass is 16.3. The maximum atomic E-state index is 5.40. The van der Waals surface area contributed by atoms with E-state index in [1.54, 1.807) is 6.26 Å². The molecule has 0 amide bonds. The Morgan fingerprint density at radius 2 is 2.18 bits per heavy atom. The molecule has 2 aromatic heterocycles. The van der Waals surface area contributed by atoms with Crippen LogP contribution in [0.25, 0.3) is 0 Å². The van der Waals surface area contributed by atoms with Gasteiger partial charge in [0.15, 0.2) is 0 Å². The lowest BCUT2D eigenvalue weighted by Gasteiger charge is -2.08. The van der Waals surface area contributed by atoms with Crippen LogP contribution in [0.3, 0.4) is 0 Å². The summed E-state index contributed by atoms with van der Waals surface area (Å²) in [5, 5.41) is 3.37. The Labute approximate surface area is 102 Å². The fourth-order valence-electron chi connectivity index (χ4n) is 2.11. The van der Waals surface area contributed by atoms with Gasteiger partial charge in [0.2, 0.25) is 0 Å². The van der Waals surface area contributed by atoms with E-state index in [2.05, 4.69) is 36.7 Å². The van der Waals surface area contributed by atoms with Gasteiger partial charge in [0.25, 0.3) is 0 Å². The molecular weight excluding hydrogens is 212 g/mol. The van der Waals surface area contributed by atoms with Crippen LogP contribution in [0.4, 0.5) is 0 Å². The Kier molecular flexibility index (Phi) is 3.69. The predicted octanol–water partition coefficient (Wildman–Crippen LogP) is 2.86. The number of furan rings is 1. The fraction of sp³-hybridized carbons (Fsp3) is 0.429. The standard InChI is InChI=1S/C14H20N2O/c1-4-15-9-13-8-11(2)16(12(13)3)10-14-6-5-7-17-14/h5-8,15H,4,9-10H2,1-3H3. The number of hydrogen-bond donors (Lipinski definition) is 1. The quantitative estimate of drug-likeness (QED) is 0.859. The van der Waals surface area contributed by atoms with Crippen LogP contribution in [0.1, 0.15) is 29.6 Å². The molecule has 0 aliphatic rings. The number of aromatic nitrogens is 1. The van der Waals surface area contributed by atoms with Crippen molar-refractivity contribution in [3.63, 3.8) is 0 Å². The zero-order chi connectivity index (χ0) is 12.3. The van der Waals surface area contributed by atoms with Gasteiger partial charge >= 0.3 is 0 Å². The summed E-state index contributed by atoms with van der Waals surface area (Å²) in [6.07, 6.45) is 1.73. The van der Waals surface area contributed by atoms with Crippen LogP contribution in [0.2, 0.25) is 0 Å². The summed E-state index contributed by atoms with van der Waals surface area (Å²) in [5.74, 6) is 1.00. The Morgan fingerprint density at radius 1 is 1.35 bits per heavy atom. The summed E-state index contributed by atoms with van der Waals surface area (Å²) in [7, 11) is 0. The Morgan fingerprint density at radius 3 is 2.82 bits per heavy atom. The lowest BCUT2D eigenvalue weighted by atomic mass is 10.2. The molecule has 2 rings (SSSR count). The Hall–Kier alpha value is -1.48. The molecule has 3 nitrogen and oxygen atoms in total. The van der Waals surface area contributed by atoms with Crippen LogP contribution in [0, 0.1) is 13.8 Å². The summed E-state index contributed by atoms with van der Waals surface area (Å²) < 4.78 is 7.70. The molecule has 0 unspecified atom stereocenters. The molecule has 0 saturated carbocycles. The van der Waals surface area contributed by atoms with E-state index in [1.807, 2.05) is 12.1 Å². The molecule has 1 N–H and O–H groups in total. The molecule has 0 aliphatic carbocycles. The third-order valence-electron chi connectivity index (χ3n) is 3.14. The molecule has 0 spiro atoms. The van der Waals surface area contributed by atoms with Crippen LogP contribution in [0.5, 0.6) is 0 Å². The first-order valence-electron chi connectivity index (χ1n) is 6.11. The minimum absolute atomic E-state index is 0.816. The maximum absolute atomic E-state index is 5.40. The number of nitrogens with zero attached hydrogens (tertiary/aromatic N) is 1. The van der Waals surface area contributed by atoms with Crippen molar-refractivity contribution >= 4 is 0 Å². The molecule has 0 bridgehead atoms. The molecule has 17 heavy (non-hydrogen) atoms. The first-order chi connectivity index (χ1) is 8.22. The largest absolute Gasteiger partial charge is 0.467 e. The molecule has 2 heterocycles. The van der Waals surface area contributed by atoms with Crippen molar-refractivity contribution in [1.82, 2.24) is 9.88 Å². The summed E-state index contributed by atoms with van der Waals surface area (Å²) >= 11 is 0. The van der Waals surface area contributed by atoms with Crippen molar-refractivity contribution in [2.45, 2.75) is 33.9 Å². The topological polar surface area (TPSA) is 30.1 Å². The average Bonchev–Trinajstić information content (AvgIpc) is 2.90. The number of rotatable bonds is 5. The van der Waals surface area contributed by atoms with Gasteiger partial charge in [-0.05, 0) is 44.2 Å². The van der Waals surface area contributed by atoms with E-state index in [4.69, 9.17) is 4.42 Å². The second-order valence-electron chi connectivity index (χ2n) is 4.34. The summed E-state index contributed by atoms with van der Waals surface area (Å²) in [4.78, 5) is 0. The molecule has 92 valence electrons. The maximum Gasteiger partial charge on any atom is 0.123 e. The minimum Gasteiger partial charge on any atom is -0.467 e. The van der Waals surface area contributed by atoms with Crippen molar-refractivity contribution in [3.8, 4) is 0 Å². The number of aryl methyl sites for hydroxylation is 1. The van der Waals surface area contributed by atoms with Gasteiger partial charge < -0.3 is 14.3 Å². The number of nitrogens with one attached hydrogen (secondary N) is 1. The van der Waals surface area contributed by atoms with E-state index in [9.17, 15) is 0 Å². The van der Waals surface area contributed by atoms with Crippen LogP contribution < -0.4 is 5.32 Å². The van der Waals surface area contributed by atoms with Crippen molar-refractivity contribution in [1.29, 1.82) is 0 Å². The molecule has 0 atom stereocenters. The predicted molar refractivity (Wildman–Crippen MR) is 69.1 cm³/mol. The van der Waals surface area contributed by atoms with Crippen molar-refractivity contribution < 1.29 is 4.42 Å². The van der Waals surface area contributed by atoms with E-state index in [-0.39, 0.29) is 0 Å². The molecule has 2 aromatic rings. The smallest absolute Gasteiger partial charge is 0.123 e. The highest BCUT2D eigenvalue weighted by Crippen LogP contribution is 2.17. The summed E-state index contributed by atoms with van der Waals surface area (Å²) in [6, 6.07) is 6.20. The van der Waals surface area contributed by atoms with E-state index >= 15 is 0 Å². The van der Waals surface area contributed by atoms with Gasteiger partial charge in [-0.2, -0.15) is 0 Å². The van der Waals surface area contributed by atoms with Gasteiger partial charge in [0, 0.05) is 17.9 Å². The van der Waals surface area contributed by atoms with Crippen molar-refractivity contribution in [2.24, 2.45) is 0 Å². The SMILES string of the molecule is CCNCc1cc(C)n(Cc2ccco2)c1C. The first kappa shape index (κ1) is 12.0. The van der Waals surface area contributed by atoms with Crippen LogP contribution in [-0.4, -0.2) is 11.1 Å². The molecular formula is C14H20N2O. The van der Waals surface area contributed by atoms with Gasteiger partial charge in [-0.1, -0.05) is 6.92 Å². The minimum atomic E-state index is 0.816. The van der Waals surface area contributed by atoms with Gasteiger partial charge in [-0.25, -0.2) is 0 Å². The highest BCUT2D eigenvalue weighted by Gasteiger charge is 2.09. The van der Waals surface area contributed by atoms with Crippen LogP contribution in [0.15, 0.2) is 28.9 Å². The zero-order valence-corrected chi connectivity index (χ0v) is 10.8. The molecule has 0 saturated heterocycles. The second-order valence-corrected chi connectivity index (χ2v) is 4.34. The molecule has 0 fully saturated rings. The second kappa shape index (κ2) is 5.23. The normalized spacial score (nSPS) is 11.0. The van der Waals surface area contributed by atoms with Gasteiger partial charge in [-0.15, -0.1) is 0 Å². The molecule has 3 heteroatoms. The van der Waals surface area contributed by atoms with Crippen LogP contribution >= 0.6 is 0 Å². The summed E-state index contributed by atoms with van der Waals surface area (Å²) in [6.45, 7) is 9.20. The monoisotopic (exact) mass is 232 g/mol. The first-order valence-corrected chi connectivity index (χ1v) is 6.11.